The summed E-state index contributed by atoms with van der Waals surface area (Å²) in [5.74, 6) is 0. The highest BCUT2D eigenvalue weighted by atomic mass is 16.4. The molecule has 20 heavy (non-hydrogen) atoms. The minimum Gasteiger partial charge on any atom is -0.394 e. The zero-order valence-electron chi connectivity index (χ0n) is 11.3. The second kappa shape index (κ2) is 9.59. The number of hydrogen-bond acceptors (Lipinski definition) is 8. The first kappa shape index (κ1) is 19.7. The van der Waals surface area contributed by atoms with Gasteiger partial charge in [0, 0.05) is 0 Å². The zero-order chi connectivity index (χ0) is 15.9. The minimum absolute atomic E-state index is 0.0905. The fourth-order valence-corrected chi connectivity index (χ4v) is 1.59. The molecule has 0 spiro atoms. The lowest BCUT2D eigenvalue weighted by Gasteiger charge is -2.25. The van der Waals surface area contributed by atoms with Crippen molar-refractivity contribution in [2.45, 2.75) is 62.5 Å². The summed E-state index contributed by atoms with van der Waals surface area (Å²) in [5, 5.41) is 74.0. The standard InChI is InChI=1S/C12H25O8/c1-6(14)10(18)12(20)8(16)4-2-3-7(15)11(19)9(17)5-13/h2,6-20H,3-5H2,1H3. The Morgan fingerprint density at radius 1 is 0.700 bits per heavy atom. The van der Waals surface area contributed by atoms with Crippen LogP contribution < -0.4 is 0 Å². The summed E-state index contributed by atoms with van der Waals surface area (Å²) < 4.78 is 0. The van der Waals surface area contributed by atoms with Crippen molar-refractivity contribution in [2.24, 2.45) is 0 Å². The van der Waals surface area contributed by atoms with E-state index in [1.807, 2.05) is 0 Å². The van der Waals surface area contributed by atoms with Crippen LogP contribution in [0.5, 0.6) is 0 Å². The van der Waals surface area contributed by atoms with Crippen LogP contribution in [0.15, 0.2) is 0 Å². The van der Waals surface area contributed by atoms with Crippen molar-refractivity contribution in [1.29, 1.82) is 0 Å². The van der Waals surface area contributed by atoms with Crippen molar-refractivity contribution in [3.63, 3.8) is 0 Å². The first-order chi connectivity index (χ1) is 9.22. The average Bonchev–Trinajstić information content (AvgIpc) is 2.43. The predicted octanol–water partition coefficient (Wildman–Crippen LogP) is -3.49. The van der Waals surface area contributed by atoms with Gasteiger partial charge < -0.3 is 40.9 Å². The summed E-state index contributed by atoms with van der Waals surface area (Å²) in [6, 6.07) is 0. The summed E-state index contributed by atoms with van der Waals surface area (Å²) in [4.78, 5) is 0. The molecule has 0 fully saturated rings. The van der Waals surface area contributed by atoms with E-state index < -0.39 is 49.3 Å². The fraction of sp³-hybridized carbons (Fsp3) is 0.917. The van der Waals surface area contributed by atoms with E-state index >= 15 is 0 Å². The molecule has 0 amide bonds. The van der Waals surface area contributed by atoms with Crippen LogP contribution in [-0.2, 0) is 0 Å². The summed E-state index contributed by atoms with van der Waals surface area (Å²) in [6.07, 6.45) is -8.73. The van der Waals surface area contributed by atoms with Crippen molar-refractivity contribution in [2.75, 3.05) is 6.61 Å². The quantitative estimate of drug-likeness (QED) is 0.206. The maximum atomic E-state index is 9.56. The van der Waals surface area contributed by atoms with Crippen LogP contribution >= 0.6 is 0 Å². The van der Waals surface area contributed by atoms with E-state index in [2.05, 4.69) is 0 Å². The Bertz CT molecular complexity index is 250. The minimum atomic E-state index is -1.55. The van der Waals surface area contributed by atoms with Gasteiger partial charge in [0.15, 0.2) is 0 Å². The zero-order valence-corrected chi connectivity index (χ0v) is 11.3. The molecule has 0 heterocycles. The highest BCUT2D eigenvalue weighted by Crippen LogP contribution is 2.13. The summed E-state index contributed by atoms with van der Waals surface area (Å²) in [6.45, 7) is 0.570. The Morgan fingerprint density at radius 3 is 1.55 bits per heavy atom. The fourth-order valence-electron chi connectivity index (χ4n) is 1.59. The first-order valence-electron chi connectivity index (χ1n) is 6.41. The number of rotatable bonds is 10. The lowest BCUT2D eigenvalue weighted by molar-refractivity contribution is -0.101. The molecule has 0 bridgehead atoms. The highest BCUT2D eigenvalue weighted by Gasteiger charge is 2.29. The monoisotopic (exact) mass is 297 g/mol. The smallest absolute Gasteiger partial charge is 0.108 e. The molecule has 8 nitrogen and oxygen atoms in total. The predicted molar refractivity (Wildman–Crippen MR) is 68.3 cm³/mol. The Labute approximate surface area is 117 Å². The molecule has 1 radical (unpaired) electrons. The first-order valence-corrected chi connectivity index (χ1v) is 6.41. The molecule has 0 aliphatic rings. The van der Waals surface area contributed by atoms with Gasteiger partial charge in [0.2, 0.25) is 0 Å². The van der Waals surface area contributed by atoms with Crippen LogP contribution in [0.4, 0.5) is 0 Å². The molecule has 121 valence electrons. The number of aliphatic hydroxyl groups excluding tert-OH is 8. The molecule has 0 aromatic carbocycles. The molecule has 0 saturated heterocycles. The van der Waals surface area contributed by atoms with Crippen LogP contribution in [0.1, 0.15) is 19.8 Å². The Balaban J connectivity index is 4.05. The van der Waals surface area contributed by atoms with E-state index in [0.29, 0.717) is 0 Å². The van der Waals surface area contributed by atoms with E-state index in [-0.39, 0.29) is 12.8 Å². The maximum Gasteiger partial charge on any atom is 0.108 e. The molecule has 7 unspecified atom stereocenters. The van der Waals surface area contributed by atoms with Crippen molar-refractivity contribution in [3.05, 3.63) is 6.42 Å². The van der Waals surface area contributed by atoms with Gasteiger partial charge in [0.1, 0.15) is 24.4 Å². The molecule has 0 aliphatic carbocycles. The summed E-state index contributed by atoms with van der Waals surface area (Å²) in [7, 11) is 0. The van der Waals surface area contributed by atoms with Gasteiger partial charge in [-0.3, -0.25) is 0 Å². The van der Waals surface area contributed by atoms with E-state index in [1.54, 1.807) is 0 Å². The van der Waals surface area contributed by atoms with Crippen molar-refractivity contribution >= 4 is 0 Å². The van der Waals surface area contributed by atoms with E-state index in [1.165, 1.54) is 13.3 Å². The number of hydrogen-bond donors (Lipinski definition) is 8. The van der Waals surface area contributed by atoms with Gasteiger partial charge in [-0.05, 0) is 26.2 Å². The third kappa shape index (κ3) is 6.42. The Morgan fingerprint density at radius 2 is 1.15 bits per heavy atom. The lowest BCUT2D eigenvalue weighted by atomic mass is 9.97. The van der Waals surface area contributed by atoms with E-state index in [0.717, 1.165) is 0 Å². The molecule has 0 saturated carbocycles. The van der Waals surface area contributed by atoms with Gasteiger partial charge in [-0.1, -0.05) is 0 Å². The second-order valence-corrected chi connectivity index (χ2v) is 4.86. The normalized spacial score (nSPS) is 22.6. The molecule has 8 N–H and O–H groups in total. The van der Waals surface area contributed by atoms with E-state index in [4.69, 9.17) is 15.3 Å². The third-order valence-corrected chi connectivity index (χ3v) is 3.03. The van der Waals surface area contributed by atoms with Gasteiger partial charge in [-0.15, -0.1) is 0 Å². The van der Waals surface area contributed by atoms with Crippen molar-refractivity contribution in [3.8, 4) is 0 Å². The van der Waals surface area contributed by atoms with Crippen molar-refractivity contribution in [1.82, 2.24) is 0 Å². The molecule has 0 aromatic heterocycles. The van der Waals surface area contributed by atoms with Gasteiger partial charge in [-0.25, -0.2) is 0 Å². The SMILES string of the molecule is CC(O)C(O)C(O)C(O)C[CH]CC(O)C(O)C(O)CO. The molecule has 0 rings (SSSR count). The van der Waals surface area contributed by atoms with Crippen molar-refractivity contribution < 1.29 is 40.9 Å². The van der Waals surface area contributed by atoms with Gasteiger partial charge in [0.25, 0.3) is 0 Å². The summed E-state index contributed by atoms with van der Waals surface area (Å²) >= 11 is 0. The van der Waals surface area contributed by atoms with Crippen LogP contribution in [0.3, 0.4) is 0 Å². The molecular weight excluding hydrogens is 272 g/mol. The lowest BCUT2D eigenvalue weighted by Crippen LogP contribution is -2.43. The van der Waals surface area contributed by atoms with Crippen LogP contribution in [0.2, 0.25) is 0 Å². The Hall–Kier alpha value is -0.320. The van der Waals surface area contributed by atoms with Crippen LogP contribution in [-0.4, -0.2) is 90.2 Å². The van der Waals surface area contributed by atoms with Crippen LogP contribution in [0, 0.1) is 6.42 Å². The average molecular weight is 297 g/mol. The second-order valence-electron chi connectivity index (χ2n) is 4.86. The highest BCUT2D eigenvalue weighted by molar-refractivity contribution is 4.86. The maximum absolute atomic E-state index is 9.56. The third-order valence-electron chi connectivity index (χ3n) is 3.03. The molecule has 0 aliphatic heterocycles. The molecule has 8 heteroatoms. The van der Waals surface area contributed by atoms with E-state index in [9.17, 15) is 25.5 Å². The largest absolute Gasteiger partial charge is 0.394 e. The molecular formula is C12H25O8. The summed E-state index contributed by atoms with van der Waals surface area (Å²) in [5.41, 5.74) is 0. The molecule has 7 atom stereocenters. The van der Waals surface area contributed by atoms with Gasteiger partial charge in [0.05, 0.1) is 24.9 Å². The van der Waals surface area contributed by atoms with Gasteiger partial charge in [-0.2, -0.15) is 0 Å². The number of aliphatic hydroxyl groups is 8. The van der Waals surface area contributed by atoms with Gasteiger partial charge >= 0.3 is 0 Å². The molecule has 0 aromatic rings. The van der Waals surface area contributed by atoms with Crippen LogP contribution in [0.25, 0.3) is 0 Å². The Kier molecular flexibility index (Phi) is 9.43. The topological polar surface area (TPSA) is 162 Å².